The molecule has 1 aromatic carbocycles. The maximum absolute atomic E-state index is 11.9. The molecule has 21 heavy (non-hydrogen) atoms. The number of benzene rings is 1. The first-order chi connectivity index (χ1) is 10.1. The topological polar surface area (TPSA) is 75.7 Å². The van der Waals surface area contributed by atoms with Crippen molar-refractivity contribution < 1.29 is 19.1 Å². The van der Waals surface area contributed by atoms with Gasteiger partial charge < -0.3 is 10.1 Å². The second kappa shape index (κ2) is 6.69. The molecule has 2 rings (SSSR count). The summed E-state index contributed by atoms with van der Waals surface area (Å²) in [4.78, 5) is 36.7. The average molecular weight is 311 g/mol. The fourth-order valence-electron chi connectivity index (χ4n) is 2.11. The molecule has 1 heterocycles. The number of halogens is 1. The summed E-state index contributed by atoms with van der Waals surface area (Å²) in [6, 6.07) is 4.70. The third-order valence-corrected chi connectivity index (χ3v) is 3.39. The molecule has 0 atom stereocenters. The van der Waals surface area contributed by atoms with Crippen LogP contribution in [0.15, 0.2) is 18.2 Å². The summed E-state index contributed by atoms with van der Waals surface area (Å²) < 4.78 is 4.87. The van der Waals surface area contributed by atoms with Crippen LogP contribution in [-0.4, -0.2) is 44.4 Å². The molecule has 7 heteroatoms. The van der Waals surface area contributed by atoms with Crippen LogP contribution in [0.5, 0.6) is 0 Å². The quantitative estimate of drug-likeness (QED) is 0.629. The predicted molar refractivity (Wildman–Crippen MR) is 77.6 cm³/mol. The highest BCUT2D eigenvalue weighted by atomic mass is 35.5. The summed E-state index contributed by atoms with van der Waals surface area (Å²) in [5, 5.41) is 2.94. The van der Waals surface area contributed by atoms with E-state index in [-0.39, 0.29) is 23.0 Å². The van der Waals surface area contributed by atoms with Crippen LogP contribution in [0.3, 0.4) is 0 Å². The number of ketones is 1. The number of anilines is 1. The summed E-state index contributed by atoms with van der Waals surface area (Å²) >= 11 is 6.03. The number of hydrogen-bond donors (Lipinski definition) is 1. The van der Waals surface area contributed by atoms with Crippen LogP contribution in [-0.2, 0) is 14.3 Å². The van der Waals surface area contributed by atoms with Crippen LogP contribution in [0.2, 0.25) is 5.02 Å². The first kappa shape index (κ1) is 15.5. The highest BCUT2D eigenvalue weighted by molar-refractivity contribution is 6.54. The molecule has 0 saturated carbocycles. The van der Waals surface area contributed by atoms with E-state index >= 15 is 0 Å². The van der Waals surface area contributed by atoms with E-state index in [1.54, 1.807) is 19.2 Å². The lowest BCUT2D eigenvalue weighted by atomic mass is 10.1. The molecule has 0 aromatic heterocycles. The average Bonchev–Trinajstić information content (AvgIpc) is 2.70. The minimum Gasteiger partial charge on any atom is -0.385 e. The van der Waals surface area contributed by atoms with E-state index < -0.39 is 11.7 Å². The van der Waals surface area contributed by atoms with Crippen molar-refractivity contribution in [2.45, 2.75) is 6.42 Å². The van der Waals surface area contributed by atoms with Crippen molar-refractivity contribution in [3.05, 3.63) is 28.8 Å². The van der Waals surface area contributed by atoms with Crippen molar-refractivity contribution in [2.24, 2.45) is 0 Å². The second-order valence-electron chi connectivity index (χ2n) is 4.55. The Bertz CT molecular complexity index is 588. The Kier molecular flexibility index (Phi) is 4.93. The molecule has 0 spiro atoms. The molecule has 1 aliphatic heterocycles. The van der Waals surface area contributed by atoms with Gasteiger partial charge in [-0.2, -0.15) is 0 Å². The SMILES string of the molecule is COCCCNC(=O)CN1C(=O)C(=O)c2cccc(Cl)c21. The van der Waals surface area contributed by atoms with Crippen molar-refractivity contribution in [2.75, 3.05) is 31.7 Å². The summed E-state index contributed by atoms with van der Waals surface area (Å²) in [6.07, 6.45) is 0.673. The lowest BCUT2D eigenvalue weighted by Crippen LogP contribution is -2.40. The van der Waals surface area contributed by atoms with Crippen LogP contribution < -0.4 is 10.2 Å². The number of Topliss-reactive ketones (excluding diaryl/α,β-unsaturated/α-hetero) is 1. The number of nitrogens with one attached hydrogen (secondary N) is 1. The molecule has 0 saturated heterocycles. The third-order valence-electron chi connectivity index (χ3n) is 3.09. The second-order valence-corrected chi connectivity index (χ2v) is 4.96. The van der Waals surface area contributed by atoms with E-state index in [2.05, 4.69) is 5.32 Å². The van der Waals surface area contributed by atoms with E-state index in [0.29, 0.717) is 25.3 Å². The van der Waals surface area contributed by atoms with Gasteiger partial charge in [0.1, 0.15) is 6.54 Å². The normalized spacial score (nSPS) is 13.5. The predicted octanol–water partition coefficient (Wildman–Crippen LogP) is 1.02. The summed E-state index contributed by atoms with van der Waals surface area (Å²) in [5.74, 6) is -1.72. The number of ether oxygens (including phenoxy) is 1. The Morgan fingerprint density at radius 1 is 1.38 bits per heavy atom. The first-order valence-corrected chi connectivity index (χ1v) is 6.84. The lowest BCUT2D eigenvalue weighted by Gasteiger charge is -2.17. The highest BCUT2D eigenvalue weighted by Gasteiger charge is 2.38. The number of rotatable bonds is 6. The Balaban J connectivity index is 2.06. The Hall–Kier alpha value is -1.92. The van der Waals surface area contributed by atoms with Gasteiger partial charge in [-0.1, -0.05) is 17.7 Å². The van der Waals surface area contributed by atoms with Gasteiger partial charge in [-0.15, -0.1) is 0 Å². The van der Waals surface area contributed by atoms with E-state index in [0.717, 1.165) is 4.90 Å². The molecule has 0 radical (unpaired) electrons. The Morgan fingerprint density at radius 2 is 2.14 bits per heavy atom. The van der Waals surface area contributed by atoms with Gasteiger partial charge in [0.2, 0.25) is 5.91 Å². The zero-order valence-electron chi connectivity index (χ0n) is 11.5. The number of hydrogen-bond acceptors (Lipinski definition) is 4. The number of nitrogens with zero attached hydrogens (tertiary/aromatic N) is 1. The highest BCUT2D eigenvalue weighted by Crippen LogP contribution is 2.35. The molecule has 6 nitrogen and oxygen atoms in total. The molecule has 2 amide bonds. The number of carbonyl (C=O) groups is 3. The molecular formula is C14H15ClN2O4. The number of para-hydroxylation sites is 1. The third kappa shape index (κ3) is 3.22. The van der Waals surface area contributed by atoms with Gasteiger partial charge in [0.15, 0.2) is 0 Å². The van der Waals surface area contributed by atoms with Crippen LogP contribution in [0.4, 0.5) is 5.69 Å². The summed E-state index contributed by atoms with van der Waals surface area (Å²) in [7, 11) is 1.58. The summed E-state index contributed by atoms with van der Waals surface area (Å²) in [6.45, 7) is 0.752. The lowest BCUT2D eigenvalue weighted by molar-refractivity contribution is -0.122. The molecule has 0 bridgehead atoms. The molecule has 1 aromatic rings. The summed E-state index contributed by atoms with van der Waals surface area (Å²) in [5.41, 5.74) is 0.542. The van der Waals surface area contributed by atoms with Crippen molar-refractivity contribution in [3.8, 4) is 0 Å². The van der Waals surface area contributed by atoms with E-state index in [1.165, 1.54) is 6.07 Å². The zero-order chi connectivity index (χ0) is 15.4. The standard InChI is InChI=1S/C14H15ClN2O4/c1-21-7-3-6-16-11(18)8-17-12-9(13(19)14(17)20)4-2-5-10(12)15/h2,4-5H,3,6-8H2,1H3,(H,16,18). The van der Waals surface area contributed by atoms with Crippen molar-refractivity contribution in [1.29, 1.82) is 0 Å². The molecule has 1 aliphatic rings. The molecule has 0 fully saturated rings. The number of fused-ring (bicyclic) bond motifs is 1. The van der Waals surface area contributed by atoms with Crippen LogP contribution in [0, 0.1) is 0 Å². The molecular weight excluding hydrogens is 296 g/mol. The molecule has 0 unspecified atom stereocenters. The van der Waals surface area contributed by atoms with Gasteiger partial charge in [0.25, 0.3) is 11.7 Å². The fraction of sp³-hybridized carbons (Fsp3) is 0.357. The van der Waals surface area contributed by atoms with E-state index in [1.807, 2.05) is 0 Å². The van der Waals surface area contributed by atoms with Crippen molar-refractivity contribution in [1.82, 2.24) is 5.32 Å². The van der Waals surface area contributed by atoms with E-state index in [9.17, 15) is 14.4 Å². The monoisotopic (exact) mass is 310 g/mol. The smallest absolute Gasteiger partial charge is 0.300 e. The number of carbonyl (C=O) groups excluding carboxylic acids is 3. The maximum atomic E-state index is 11.9. The Labute approximate surface area is 127 Å². The largest absolute Gasteiger partial charge is 0.385 e. The number of amides is 2. The maximum Gasteiger partial charge on any atom is 0.300 e. The zero-order valence-corrected chi connectivity index (χ0v) is 12.3. The van der Waals surface area contributed by atoms with Crippen molar-refractivity contribution in [3.63, 3.8) is 0 Å². The molecule has 1 N–H and O–H groups in total. The van der Waals surface area contributed by atoms with Crippen LogP contribution in [0.1, 0.15) is 16.8 Å². The van der Waals surface area contributed by atoms with E-state index in [4.69, 9.17) is 16.3 Å². The van der Waals surface area contributed by atoms with Gasteiger partial charge >= 0.3 is 0 Å². The fourth-order valence-corrected chi connectivity index (χ4v) is 2.38. The number of methoxy groups -OCH3 is 1. The minimum atomic E-state index is -0.731. The van der Waals surface area contributed by atoms with Crippen molar-refractivity contribution >= 4 is 34.9 Å². The van der Waals surface area contributed by atoms with Gasteiger partial charge in [-0.05, 0) is 18.6 Å². The van der Waals surface area contributed by atoms with Gasteiger partial charge in [-0.25, -0.2) is 0 Å². The molecule has 112 valence electrons. The first-order valence-electron chi connectivity index (χ1n) is 6.46. The van der Waals surface area contributed by atoms with Crippen LogP contribution >= 0.6 is 11.6 Å². The minimum absolute atomic E-state index is 0.228. The van der Waals surface area contributed by atoms with Crippen LogP contribution in [0.25, 0.3) is 0 Å². The van der Waals surface area contributed by atoms with Gasteiger partial charge in [-0.3, -0.25) is 19.3 Å². The Morgan fingerprint density at radius 3 is 2.86 bits per heavy atom. The molecule has 0 aliphatic carbocycles. The van der Waals surface area contributed by atoms with Gasteiger partial charge in [0.05, 0.1) is 16.3 Å². The van der Waals surface area contributed by atoms with Gasteiger partial charge in [0, 0.05) is 20.3 Å².